The molecule has 0 unspecified atom stereocenters. The Balaban J connectivity index is 2.47. The molecule has 1 aromatic heterocycles. The number of pyridine rings is 1. The zero-order chi connectivity index (χ0) is 17.4. The lowest BCUT2D eigenvalue weighted by molar-refractivity contribution is -0.141. The number of hydrogen-bond donors (Lipinski definition) is 1. The summed E-state index contributed by atoms with van der Waals surface area (Å²) in [4.78, 5) is 15.8. The van der Waals surface area contributed by atoms with Crippen molar-refractivity contribution in [3.63, 3.8) is 0 Å². The molecule has 0 spiro atoms. The van der Waals surface area contributed by atoms with Gasteiger partial charge in [0.15, 0.2) is 5.69 Å². The van der Waals surface area contributed by atoms with Crippen LogP contribution in [0.5, 0.6) is 0 Å². The molecule has 10 heteroatoms. The first-order valence-electron chi connectivity index (χ1n) is 6.65. The molecule has 0 amide bonds. The fourth-order valence-electron chi connectivity index (χ4n) is 2.42. The van der Waals surface area contributed by atoms with E-state index in [-0.39, 0.29) is 31.6 Å². The molecule has 1 aliphatic heterocycles. The number of alkyl halides is 5. The molecule has 1 fully saturated rings. The van der Waals surface area contributed by atoms with Gasteiger partial charge < -0.3 is 10.0 Å². The monoisotopic (exact) mass is 358 g/mol. The Morgan fingerprint density at radius 3 is 2.52 bits per heavy atom. The van der Waals surface area contributed by atoms with Crippen LogP contribution in [0, 0.1) is 0 Å². The van der Waals surface area contributed by atoms with E-state index >= 15 is 0 Å². The minimum absolute atomic E-state index is 0.0741. The number of carboxylic acids is 1. The Kier molecular flexibility index (Phi) is 4.70. The number of carboxylic acid groups (broad SMARTS) is 1. The average molecular weight is 359 g/mol. The summed E-state index contributed by atoms with van der Waals surface area (Å²) in [5, 5.41) is 8.14. The minimum Gasteiger partial charge on any atom is -0.478 e. The first kappa shape index (κ1) is 17.7. The fraction of sp³-hybridized carbons (Fsp3) is 0.538. The predicted octanol–water partition coefficient (Wildman–Crippen LogP) is 4.08. The molecule has 0 radical (unpaired) electrons. The maximum Gasteiger partial charge on any atom is 0.434 e. The Labute approximate surface area is 132 Å². The quantitative estimate of drug-likeness (QED) is 0.809. The predicted molar refractivity (Wildman–Crippen MR) is 72.2 cm³/mol. The SMILES string of the molecule is O=C(O)c1c(N2CCCC(F)(F)CC2)cnc(C(F)(F)F)c1Cl. The standard InChI is InChI=1S/C13H12ClF5N2O2/c14-9-8(11(22)23)7(6-20-10(9)13(17,18)19)21-4-1-2-12(15,16)3-5-21/h6H,1-5H2,(H,22,23). The molecule has 1 aromatic rings. The zero-order valence-electron chi connectivity index (χ0n) is 11.6. The molecule has 0 saturated carbocycles. The molecule has 1 N–H and O–H groups in total. The van der Waals surface area contributed by atoms with Crippen molar-refractivity contribution < 1.29 is 31.9 Å². The molecule has 1 saturated heterocycles. The van der Waals surface area contributed by atoms with Crippen LogP contribution >= 0.6 is 11.6 Å². The summed E-state index contributed by atoms with van der Waals surface area (Å²) in [7, 11) is 0. The minimum atomic E-state index is -4.91. The van der Waals surface area contributed by atoms with Gasteiger partial charge in [-0.1, -0.05) is 11.6 Å². The van der Waals surface area contributed by atoms with Crippen molar-refractivity contribution in [3.05, 3.63) is 22.5 Å². The average Bonchev–Trinajstić information content (AvgIpc) is 2.57. The third-order valence-electron chi connectivity index (χ3n) is 3.54. The highest BCUT2D eigenvalue weighted by molar-refractivity contribution is 6.35. The first-order valence-corrected chi connectivity index (χ1v) is 7.02. The van der Waals surface area contributed by atoms with Crippen molar-refractivity contribution >= 4 is 23.3 Å². The number of carbonyl (C=O) groups is 1. The second-order valence-corrected chi connectivity index (χ2v) is 5.56. The summed E-state index contributed by atoms with van der Waals surface area (Å²) < 4.78 is 65.1. The Hall–Kier alpha value is -1.64. The van der Waals surface area contributed by atoms with Gasteiger partial charge in [0.05, 0.1) is 16.9 Å². The molecule has 0 aliphatic carbocycles. The molecule has 0 aromatic carbocycles. The molecule has 1 aliphatic rings. The Morgan fingerprint density at radius 1 is 1.30 bits per heavy atom. The zero-order valence-corrected chi connectivity index (χ0v) is 12.4. The maximum atomic E-state index is 13.4. The third kappa shape index (κ3) is 3.82. The molecular weight excluding hydrogens is 347 g/mol. The van der Waals surface area contributed by atoms with Crippen LogP contribution in [0.2, 0.25) is 5.02 Å². The van der Waals surface area contributed by atoms with Crippen LogP contribution in [0.25, 0.3) is 0 Å². The second kappa shape index (κ2) is 6.10. The van der Waals surface area contributed by atoms with Crippen LogP contribution in [0.1, 0.15) is 35.3 Å². The topological polar surface area (TPSA) is 53.4 Å². The summed E-state index contributed by atoms with van der Waals surface area (Å²) in [5.74, 6) is -4.56. The highest BCUT2D eigenvalue weighted by atomic mass is 35.5. The third-order valence-corrected chi connectivity index (χ3v) is 3.91. The Morgan fingerprint density at radius 2 is 1.96 bits per heavy atom. The van der Waals surface area contributed by atoms with E-state index in [1.54, 1.807) is 0 Å². The molecule has 0 bridgehead atoms. The van der Waals surface area contributed by atoms with Crippen molar-refractivity contribution in [2.24, 2.45) is 0 Å². The lowest BCUT2D eigenvalue weighted by Crippen LogP contribution is -2.28. The normalized spacial score (nSPS) is 18.6. The lowest BCUT2D eigenvalue weighted by atomic mass is 10.1. The first-order chi connectivity index (χ1) is 10.5. The molecule has 0 atom stereocenters. The van der Waals surface area contributed by atoms with Crippen molar-refractivity contribution in [3.8, 4) is 0 Å². The summed E-state index contributed by atoms with van der Waals surface area (Å²) in [5.41, 5.74) is -2.48. The molecule has 4 nitrogen and oxygen atoms in total. The Bertz CT molecular complexity index is 621. The van der Waals surface area contributed by atoms with Gasteiger partial charge in [-0.25, -0.2) is 18.6 Å². The van der Waals surface area contributed by atoms with E-state index in [0.717, 1.165) is 6.20 Å². The van der Waals surface area contributed by atoms with Gasteiger partial charge in [0.25, 0.3) is 0 Å². The summed E-state index contributed by atoms with van der Waals surface area (Å²) >= 11 is 5.57. The summed E-state index contributed by atoms with van der Waals surface area (Å²) in [6.07, 6.45) is -5.00. The van der Waals surface area contributed by atoms with E-state index < -0.39 is 40.8 Å². The number of aromatic carboxylic acids is 1. The smallest absolute Gasteiger partial charge is 0.434 e. The van der Waals surface area contributed by atoms with Crippen LogP contribution in [0.3, 0.4) is 0 Å². The highest BCUT2D eigenvalue weighted by Gasteiger charge is 2.39. The number of nitrogens with zero attached hydrogens (tertiary/aromatic N) is 2. The van der Waals surface area contributed by atoms with E-state index in [2.05, 4.69) is 4.98 Å². The molecule has 2 heterocycles. The molecular formula is C13H12ClF5N2O2. The van der Waals surface area contributed by atoms with E-state index in [1.165, 1.54) is 4.90 Å². The van der Waals surface area contributed by atoms with Crippen LogP contribution in [0.4, 0.5) is 27.6 Å². The fourth-order valence-corrected chi connectivity index (χ4v) is 2.76. The van der Waals surface area contributed by atoms with Gasteiger partial charge in [0, 0.05) is 25.9 Å². The van der Waals surface area contributed by atoms with Gasteiger partial charge in [-0.15, -0.1) is 0 Å². The summed E-state index contributed by atoms with van der Waals surface area (Å²) in [6.45, 7) is -0.115. The lowest BCUT2D eigenvalue weighted by Gasteiger charge is -2.25. The maximum absolute atomic E-state index is 13.4. The van der Waals surface area contributed by atoms with Gasteiger partial charge >= 0.3 is 12.1 Å². The van der Waals surface area contributed by atoms with E-state index in [9.17, 15) is 31.9 Å². The summed E-state index contributed by atoms with van der Waals surface area (Å²) in [6, 6.07) is 0. The van der Waals surface area contributed by atoms with Crippen LogP contribution in [-0.2, 0) is 6.18 Å². The van der Waals surface area contributed by atoms with E-state index in [1.807, 2.05) is 0 Å². The molecule has 23 heavy (non-hydrogen) atoms. The van der Waals surface area contributed by atoms with Crippen molar-refractivity contribution in [2.75, 3.05) is 18.0 Å². The largest absolute Gasteiger partial charge is 0.478 e. The van der Waals surface area contributed by atoms with Gasteiger partial charge in [0.2, 0.25) is 5.92 Å². The van der Waals surface area contributed by atoms with Gasteiger partial charge in [0.1, 0.15) is 5.56 Å². The number of rotatable bonds is 2. The van der Waals surface area contributed by atoms with Gasteiger partial charge in [-0.3, -0.25) is 0 Å². The molecule has 128 valence electrons. The van der Waals surface area contributed by atoms with Gasteiger partial charge in [-0.2, -0.15) is 13.2 Å². The van der Waals surface area contributed by atoms with Crippen LogP contribution in [-0.4, -0.2) is 35.1 Å². The van der Waals surface area contributed by atoms with Crippen LogP contribution < -0.4 is 4.90 Å². The number of hydrogen-bond acceptors (Lipinski definition) is 3. The van der Waals surface area contributed by atoms with Crippen molar-refractivity contribution in [2.45, 2.75) is 31.4 Å². The van der Waals surface area contributed by atoms with Crippen molar-refractivity contribution in [1.29, 1.82) is 0 Å². The van der Waals surface area contributed by atoms with E-state index in [4.69, 9.17) is 11.6 Å². The molecule has 2 rings (SSSR count). The van der Waals surface area contributed by atoms with E-state index in [0.29, 0.717) is 0 Å². The van der Waals surface area contributed by atoms with Gasteiger partial charge in [-0.05, 0) is 6.42 Å². The van der Waals surface area contributed by atoms with Crippen molar-refractivity contribution in [1.82, 2.24) is 4.98 Å². The highest BCUT2D eigenvalue weighted by Crippen LogP contribution is 2.39. The van der Waals surface area contributed by atoms with Crippen LogP contribution in [0.15, 0.2) is 6.20 Å². The number of halogens is 6. The second-order valence-electron chi connectivity index (χ2n) is 5.18. The number of anilines is 1. The number of aromatic nitrogens is 1.